The van der Waals surface area contributed by atoms with Crippen LogP contribution >= 0.6 is 0 Å². The number of carbonyl (C=O) groups excluding carboxylic acids is 1. The van der Waals surface area contributed by atoms with Gasteiger partial charge in [0.25, 0.3) is 5.69 Å². The number of hydrogen-bond donors (Lipinski definition) is 1. The molecular weight excluding hydrogens is 284 g/mol. The molecule has 1 amide bonds. The first-order valence-electron chi connectivity index (χ1n) is 6.65. The molecule has 0 saturated heterocycles. The summed E-state index contributed by atoms with van der Waals surface area (Å²) in [5.41, 5.74) is 2.58. The number of hydrogen-bond acceptors (Lipinski definition) is 4. The number of rotatable bonds is 5. The van der Waals surface area contributed by atoms with Gasteiger partial charge in [-0.15, -0.1) is 0 Å². The van der Waals surface area contributed by atoms with Gasteiger partial charge in [-0.25, -0.2) is 0 Å². The van der Waals surface area contributed by atoms with Gasteiger partial charge in [0.15, 0.2) is 0 Å². The van der Waals surface area contributed by atoms with Crippen LogP contribution in [0, 0.1) is 17.0 Å². The average Bonchev–Trinajstić information content (AvgIpc) is 2.81. The van der Waals surface area contributed by atoms with Crippen molar-refractivity contribution in [1.82, 2.24) is 15.1 Å². The summed E-state index contributed by atoms with van der Waals surface area (Å²) in [4.78, 5) is 21.8. The molecule has 0 bridgehead atoms. The molecule has 2 rings (SSSR count). The van der Waals surface area contributed by atoms with E-state index in [-0.39, 0.29) is 11.6 Å². The van der Waals surface area contributed by atoms with E-state index in [0.29, 0.717) is 6.54 Å². The van der Waals surface area contributed by atoms with Gasteiger partial charge < -0.3 is 5.32 Å². The molecule has 114 valence electrons. The van der Waals surface area contributed by atoms with E-state index in [9.17, 15) is 14.9 Å². The summed E-state index contributed by atoms with van der Waals surface area (Å²) in [6.07, 6.45) is 4.86. The number of carbonyl (C=O) groups is 1. The molecule has 7 nitrogen and oxygen atoms in total. The Bertz CT molecular complexity index is 717. The quantitative estimate of drug-likeness (QED) is 0.519. The monoisotopic (exact) mass is 300 g/mol. The molecule has 0 aliphatic heterocycles. The minimum atomic E-state index is -0.462. The lowest BCUT2D eigenvalue weighted by atomic mass is 10.2. The molecule has 0 radical (unpaired) electrons. The second-order valence-corrected chi connectivity index (χ2v) is 4.81. The average molecular weight is 300 g/mol. The Morgan fingerprint density at radius 2 is 2.09 bits per heavy atom. The molecule has 0 aliphatic rings. The van der Waals surface area contributed by atoms with Gasteiger partial charge >= 0.3 is 0 Å². The maximum Gasteiger partial charge on any atom is 0.269 e. The number of nitro groups is 1. The van der Waals surface area contributed by atoms with Crippen LogP contribution in [0.1, 0.15) is 16.8 Å². The molecule has 7 heteroatoms. The van der Waals surface area contributed by atoms with Crippen LogP contribution < -0.4 is 5.32 Å². The van der Waals surface area contributed by atoms with E-state index in [4.69, 9.17) is 0 Å². The lowest BCUT2D eigenvalue weighted by Crippen LogP contribution is -2.20. The fraction of sp³-hybridized carbons (Fsp3) is 0.200. The Balaban J connectivity index is 1.91. The summed E-state index contributed by atoms with van der Waals surface area (Å²) in [5, 5.41) is 17.5. The standard InChI is InChI=1S/C15H16N4O3/c1-11-13(10-18(2)17-11)9-16-15(20)8-5-12-3-6-14(7-4-12)19(21)22/h3-8,10H,9H2,1-2H3,(H,16,20)/b8-5-. The third-order valence-electron chi connectivity index (χ3n) is 3.10. The molecule has 0 atom stereocenters. The molecule has 0 fully saturated rings. The maximum atomic E-state index is 11.7. The molecule has 0 unspecified atom stereocenters. The van der Waals surface area contributed by atoms with E-state index in [1.54, 1.807) is 22.9 Å². The van der Waals surface area contributed by atoms with Crippen molar-refractivity contribution in [2.45, 2.75) is 13.5 Å². The summed E-state index contributed by atoms with van der Waals surface area (Å²) < 4.78 is 1.70. The van der Waals surface area contributed by atoms with E-state index in [2.05, 4.69) is 10.4 Å². The van der Waals surface area contributed by atoms with E-state index >= 15 is 0 Å². The number of nitrogens with zero attached hydrogens (tertiary/aromatic N) is 3. The molecule has 1 aromatic heterocycles. The van der Waals surface area contributed by atoms with Gasteiger partial charge in [0.1, 0.15) is 0 Å². The first-order valence-corrected chi connectivity index (χ1v) is 6.65. The maximum absolute atomic E-state index is 11.7. The first kappa shape index (κ1) is 15.4. The van der Waals surface area contributed by atoms with E-state index in [1.165, 1.54) is 18.2 Å². The number of aromatic nitrogens is 2. The molecule has 0 saturated carbocycles. The second kappa shape index (κ2) is 6.66. The Morgan fingerprint density at radius 3 is 2.64 bits per heavy atom. The Labute approximate surface area is 127 Å². The summed E-state index contributed by atoms with van der Waals surface area (Å²) >= 11 is 0. The number of aryl methyl sites for hydroxylation is 2. The summed E-state index contributed by atoms with van der Waals surface area (Å²) in [6, 6.07) is 5.98. The zero-order valence-electron chi connectivity index (χ0n) is 12.3. The molecule has 0 aliphatic carbocycles. The lowest BCUT2D eigenvalue weighted by molar-refractivity contribution is -0.384. The van der Waals surface area contributed by atoms with Crippen molar-refractivity contribution in [3.63, 3.8) is 0 Å². The highest BCUT2D eigenvalue weighted by Gasteiger charge is 2.05. The van der Waals surface area contributed by atoms with Crippen LogP contribution in [0.4, 0.5) is 5.69 Å². The van der Waals surface area contributed by atoms with Gasteiger partial charge in [0, 0.05) is 43.6 Å². The number of nitro benzene ring substituents is 1. The fourth-order valence-electron chi connectivity index (χ4n) is 1.94. The van der Waals surface area contributed by atoms with Gasteiger partial charge in [-0.05, 0) is 30.7 Å². The van der Waals surface area contributed by atoms with Crippen molar-refractivity contribution in [3.05, 3.63) is 63.5 Å². The molecule has 1 heterocycles. The van der Waals surface area contributed by atoms with Crippen molar-refractivity contribution in [3.8, 4) is 0 Å². The lowest BCUT2D eigenvalue weighted by Gasteiger charge is -2.00. The van der Waals surface area contributed by atoms with Gasteiger partial charge in [0.2, 0.25) is 5.91 Å². The van der Waals surface area contributed by atoms with E-state index < -0.39 is 4.92 Å². The number of nitrogens with one attached hydrogen (secondary N) is 1. The minimum absolute atomic E-state index is 0.0219. The van der Waals surface area contributed by atoms with Crippen molar-refractivity contribution < 1.29 is 9.72 Å². The van der Waals surface area contributed by atoms with Crippen LogP contribution in [0.25, 0.3) is 6.08 Å². The predicted octanol–water partition coefficient (Wildman–Crippen LogP) is 1.97. The van der Waals surface area contributed by atoms with Crippen LogP contribution in [0.5, 0.6) is 0 Å². The van der Waals surface area contributed by atoms with Gasteiger partial charge in [0.05, 0.1) is 10.6 Å². The summed E-state index contributed by atoms with van der Waals surface area (Å²) in [7, 11) is 1.83. The third kappa shape index (κ3) is 4.02. The SMILES string of the molecule is Cc1nn(C)cc1CNC(=O)/C=C\c1ccc([N+](=O)[O-])cc1. The molecule has 22 heavy (non-hydrogen) atoms. The Morgan fingerprint density at radius 1 is 1.41 bits per heavy atom. The number of benzene rings is 1. The molecule has 0 spiro atoms. The minimum Gasteiger partial charge on any atom is -0.348 e. The van der Waals surface area contributed by atoms with Gasteiger partial charge in [-0.1, -0.05) is 0 Å². The van der Waals surface area contributed by atoms with Gasteiger partial charge in [-0.2, -0.15) is 5.10 Å². The summed E-state index contributed by atoms with van der Waals surface area (Å²) in [5.74, 6) is -0.235. The van der Waals surface area contributed by atoms with Crippen LogP contribution in [0.3, 0.4) is 0 Å². The molecule has 1 aromatic carbocycles. The molecule has 2 aromatic rings. The first-order chi connectivity index (χ1) is 10.5. The zero-order chi connectivity index (χ0) is 16.1. The topological polar surface area (TPSA) is 90.1 Å². The molecule has 1 N–H and O–H groups in total. The largest absolute Gasteiger partial charge is 0.348 e. The van der Waals surface area contributed by atoms with Crippen molar-refractivity contribution in [2.75, 3.05) is 0 Å². The Hall–Kier alpha value is -2.96. The van der Waals surface area contributed by atoms with Gasteiger partial charge in [-0.3, -0.25) is 19.6 Å². The van der Waals surface area contributed by atoms with E-state index in [1.807, 2.05) is 20.2 Å². The highest BCUT2D eigenvalue weighted by Crippen LogP contribution is 2.12. The van der Waals surface area contributed by atoms with Crippen molar-refractivity contribution in [1.29, 1.82) is 0 Å². The van der Waals surface area contributed by atoms with Crippen LogP contribution in [-0.4, -0.2) is 20.6 Å². The molecular formula is C15H16N4O3. The third-order valence-corrected chi connectivity index (χ3v) is 3.10. The van der Waals surface area contributed by atoms with Crippen LogP contribution in [-0.2, 0) is 18.4 Å². The van der Waals surface area contributed by atoms with Crippen LogP contribution in [0.15, 0.2) is 36.5 Å². The smallest absolute Gasteiger partial charge is 0.269 e. The van der Waals surface area contributed by atoms with Crippen LogP contribution in [0.2, 0.25) is 0 Å². The highest BCUT2D eigenvalue weighted by molar-refractivity contribution is 5.91. The van der Waals surface area contributed by atoms with Crippen molar-refractivity contribution >= 4 is 17.7 Å². The van der Waals surface area contributed by atoms with Crippen molar-refractivity contribution in [2.24, 2.45) is 7.05 Å². The zero-order valence-corrected chi connectivity index (χ0v) is 12.3. The predicted molar refractivity (Wildman–Crippen MR) is 81.9 cm³/mol. The highest BCUT2D eigenvalue weighted by atomic mass is 16.6. The second-order valence-electron chi connectivity index (χ2n) is 4.81. The Kier molecular flexibility index (Phi) is 4.67. The normalized spacial score (nSPS) is 10.8. The fourth-order valence-corrected chi connectivity index (χ4v) is 1.94. The number of non-ortho nitro benzene ring substituents is 1. The van der Waals surface area contributed by atoms with E-state index in [0.717, 1.165) is 16.8 Å². The summed E-state index contributed by atoms with van der Waals surface area (Å²) in [6.45, 7) is 2.29. The number of amides is 1.